The smallest absolute Gasteiger partial charge is 0.259 e. The van der Waals surface area contributed by atoms with Gasteiger partial charge in [-0.25, -0.2) is 4.99 Å². The summed E-state index contributed by atoms with van der Waals surface area (Å²) < 4.78 is 0. The summed E-state index contributed by atoms with van der Waals surface area (Å²) in [6.45, 7) is 14.7. The zero-order valence-electron chi connectivity index (χ0n) is 47.4. The van der Waals surface area contributed by atoms with Gasteiger partial charge in [-0.1, -0.05) is 82.5 Å². The lowest BCUT2D eigenvalue weighted by molar-refractivity contribution is 0.635. The predicted octanol–water partition coefficient (Wildman–Crippen LogP) is -1.22. The zero-order valence-corrected chi connectivity index (χ0v) is 47.4. The Labute approximate surface area is 470 Å². The number of hydrogen-bond acceptors (Lipinski definition) is 11. The Morgan fingerprint density at radius 2 is 0.709 bits per heavy atom. The van der Waals surface area contributed by atoms with Gasteiger partial charge >= 0.3 is 0 Å². The molecule has 0 unspecified atom stereocenters. The van der Waals surface area contributed by atoms with Gasteiger partial charge in [-0.3, -0.25) is 46.0 Å². The van der Waals surface area contributed by atoms with Gasteiger partial charge in [0, 0.05) is 65.4 Å². The van der Waals surface area contributed by atoms with E-state index in [0.717, 1.165) is 180 Å². The molecule has 0 bridgehead atoms. The lowest BCUT2D eigenvalue weighted by Gasteiger charge is -2.05. The molecule has 79 heavy (non-hydrogen) atoms. The Bertz CT molecular complexity index is 1830. The first kappa shape index (κ1) is 75.4. The summed E-state index contributed by atoms with van der Waals surface area (Å²) in [6.07, 6.45) is 26.1. The molecule has 0 amide bonds. The van der Waals surface area contributed by atoms with Crippen molar-refractivity contribution in [1.29, 1.82) is 10.7 Å². The highest BCUT2D eigenvalue weighted by Gasteiger charge is 2.00. The second-order valence-corrected chi connectivity index (χ2v) is 17.7. The molecule has 31 heteroatoms. The Morgan fingerprint density at radius 3 is 1.05 bits per heavy atom. The SMILES string of the molecule is N=C(N)NCCCCCCN=C(N)N=C(N)NCCCCCCN=C(N)N.NCCCCCCN=C(N)NC(N)=NCCCCCCN.[C-]#[N+]NC(N)=NCCCCCCNC(N)=NC(N)=NCCCCCCN=C(N)NC#N. The molecule has 0 atom stereocenters. The Balaban J connectivity index is -0.00000112. The first-order valence-corrected chi connectivity index (χ1v) is 27.6. The molecule has 0 aromatic carbocycles. The Hall–Kier alpha value is -7.80. The summed E-state index contributed by atoms with van der Waals surface area (Å²) in [6, 6.07) is 0. The van der Waals surface area contributed by atoms with Gasteiger partial charge in [0.2, 0.25) is 17.9 Å². The van der Waals surface area contributed by atoms with Gasteiger partial charge in [0.25, 0.3) is 5.96 Å². The molecule has 31 nitrogen and oxygen atoms in total. The Kier molecular flexibility index (Phi) is 56.8. The van der Waals surface area contributed by atoms with Crippen molar-refractivity contribution in [2.45, 2.75) is 154 Å². The molecule has 0 aromatic heterocycles. The summed E-state index contributed by atoms with van der Waals surface area (Å²) in [5.74, 6) is 2.01. The number of hydrogen-bond donors (Lipinski definition) is 20. The first-order chi connectivity index (χ1) is 38.1. The summed E-state index contributed by atoms with van der Waals surface area (Å²) in [5, 5.41) is 29.3. The lowest BCUT2D eigenvalue weighted by Crippen LogP contribution is -2.41. The molecule has 0 aromatic rings. The number of nitriles is 1. The minimum absolute atomic E-state index is 0.0132. The number of nitrogens with zero attached hydrogens (tertiary/aromatic N) is 11. The maximum absolute atomic E-state index is 8.37. The van der Waals surface area contributed by atoms with Crippen molar-refractivity contribution in [3.8, 4) is 6.19 Å². The zero-order chi connectivity index (χ0) is 59.3. The standard InChI is InChI=1S/C18H35N13.C16H37N11.C14H33N7/c1-24-31-18(23)28-13-9-5-4-8-12-27-17(22)30-16(21)26-11-7-3-2-6-10-25-15(20)29-14-19;17-13(18)23-9-5-1-3-7-11-25-15(21)27-16(22)26-12-8-4-2-6-10-24-14(19)20;15-9-5-1-3-7-11-19-13(17)21-14(18)20-12-8-4-2-6-10-16/h2-13H2,(H3,20,25,29)(H3,23,28,31)(H5,21,22,26,27,30);1-12H2,(H4,17,18,23)(H4,19,20,24)(H5,21,22,25,26,27);1-12,15-16H2,(H5,17,18,19,20,21). The molecule has 0 aliphatic carbocycles. The molecule has 0 radical (unpaired) electrons. The van der Waals surface area contributed by atoms with Crippen molar-refractivity contribution in [2.24, 2.45) is 119 Å². The van der Waals surface area contributed by atoms with Crippen molar-refractivity contribution in [3.63, 3.8) is 0 Å². The van der Waals surface area contributed by atoms with Crippen LogP contribution in [0.5, 0.6) is 0 Å². The van der Waals surface area contributed by atoms with Crippen LogP contribution in [0.15, 0.2) is 44.9 Å². The van der Waals surface area contributed by atoms with E-state index in [9.17, 15) is 0 Å². The van der Waals surface area contributed by atoms with Crippen LogP contribution in [0.4, 0.5) is 0 Å². The van der Waals surface area contributed by atoms with E-state index in [2.05, 4.69) is 81.9 Å². The van der Waals surface area contributed by atoms with Gasteiger partial charge < -0.3 is 90.5 Å². The van der Waals surface area contributed by atoms with Crippen LogP contribution < -0.4 is 107 Å². The highest BCUT2D eigenvalue weighted by atomic mass is 15.3. The minimum atomic E-state index is 0.0132. The van der Waals surface area contributed by atoms with Crippen LogP contribution in [0.1, 0.15) is 154 Å². The van der Waals surface area contributed by atoms with Gasteiger partial charge in [0.1, 0.15) is 0 Å². The van der Waals surface area contributed by atoms with E-state index in [1.54, 1.807) is 6.19 Å². The number of nitrogens with one attached hydrogen (secondary N) is 7. The van der Waals surface area contributed by atoms with E-state index in [1.165, 1.54) is 0 Å². The average Bonchev–Trinajstić information content (AvgIpc) is 3.39. The fraction of sp³-hybridized carbons (Fsp3) is 0.750. The fourth-order valence-electron chi connectivity index (χ4n) is 6.41. The van der Waals surface area contributed by atoms with Crippen molar-refractivity contribution in [2.75, 3.05) is 78.5 Å². The quantitative estimate of drug-likeness (QED) is 0.00650. The normalized spacial score (nSPS) is 12.4. The van der Waals surface area contributed by atoms with E-state index in [-0.39, 0.29) is 47.7 Å². The van der Waals surface area contributed by atoms with E-state index >= 15 is 0 Å². The number of rotatable bonds is 40. The van der Waals surface area contributed by atoms with Crippen molar-refractivity contribution in [3.05, 3.63) is 11.5 Å². The van der Waals surface area contributed by atoms with Gasteiger partial charge in [-0.15, -0.1) is 0 Å². The maximum Gasteiger partial charge on any atom is 0.259 e. The van der Waals surface area contributed by atoms with Gasteiger partial charge in [-0.05, 0) is 90.1 Å². The van der Waals surface area contributed by atoms with Crippen LogP contribution in [0.2, 0.25) is 0 Å². The van der Waals surface area contributed by atoms with Crippen molar-refractivity contribution >= 4 is 59.6 Å². The largest absolute Gasteiger partial charge is 0.370 e. The fourth-order valence-corrected chi connectivity index (χ4v) is 6.41. The molecule has 0 heterocycles. The molecule has 0 fully saturated rings. The molecule has 0 aliphatic rings. The van der Waals surface area contributed by atoms with Gasteiger partial charge in [-0.2, -0.15) is 26.8 Å². The number of aliphatic imine (C=N–C) groups is 9. The molecule has 0 rings (SSSR count). The van der Waals surface area contributed by atoms with Crippen molar-refractivity contribution in [1.82, 2.24) is 32.0 Å². The van der Waals surface area contributed by atoms with E-state index in [4.69, 9.17) is 91.8 Å². The van der Waals surface area contributed by atoms with Crippen LogP contribution >= 0.6 is 0 Å². The van der Waals surface area contributed by atoms with Crippen LogP contribution in [0.25, 0.3) is 4.95 Å². The average molecular weight is 1120 g/mol. The number of unbranched alkanes of at least 4 members (excludes halogenated alkanes) is 18. The highest BCUT2D eigenvalue weighted by molar-refractivity contribution is 5.97. The first-order valence-electron chi connectivity index (χ1n) is 27.6. The topological polar surface area (TPSA) is 574 Å². The molecule has 33 N–H and O–H groups in total. The molecule has 0 spiro atoms. The predicted molar refractivity (Wildman–Crippen MR) is 329 cm³/mol. The summed E-state index contributed by atoms with van der Waals surface area (Å²) in [5.41, 5.74) is 74.3. The van der Waals surface area contributed by atoms with Crippen LogP contribution in [-0.2, 0) is 0 Å². The third-order valence-electron chi connectivity index (χ3n) is 10.5. The molecular formula is C48H105N31. The lowest BCUT2D eigenvalue weighted by atomic mass is 10.2. The highest BCUT2D eigenvalue weighted by Crippen LogP contribution is 2.03. The van der Waals surface area contributed by atoms with Crippen molar-refractivity contribution < 1.29 is 0 Å². The third kappa shape index (κ3) is 66.3. The van der Waals surface area contributed by atoms with Gasteiger partial charge in [0.05, 0.1) is 0 Å². The minimum Gasteiger partial charge on any atom is -0.370 e. The van der Waals surface area contributed by atoms with Crippen LogP contribution in [0.3, 0.4) is 0 Å². The number of nitrogens with two attached hydrogens (primary N) is 13. The van der Waals surface area contributed by atoms with E-state index in [0.29, 0.717) is 64.3 Å². The van der Waals surface area contributed by atoms with Crippen LogP contribution in [0, 0.1) is 23.4 Å². The van der Waals surface area contributed by atoms with E-state index in [1.807, 2.05) is 0 Å². The maximum atomic E-state index is 8.37. The second-order valence-electron chi connectivity index (χ2n) is 17.7. The monoisotopic (exact) mass is 1120 g/mol. The number of guanidine groups is 10. The van der Waals surface area contributed by atoms with Gasteiger partial charge in [0.15, 0.2) is 42.0 Å². The summed E-state index contributed by atoms with van der Waals surface area (Å²) in [7, 11) is 0. The summed E-state index contributed by atoms with van der Waals surface area (Å²) >= 11 is 0. The second kappa shape index (κ2) is 59.4. The third-order valence-corrected chi connectivity index (χ3v) is 10.5. The van der Waals surface area contributed by atoms with Crippen LogP contribution in [-0.4, -0.2) is 138 Å². The van der Waals surface area contributed by atoms with E-state index < -0.39 is 0 Å². The molecule has 0 saturated heterocycles. The summed E-state index contributed by atoms with van der Waals surface area (Å²) in [4.78, 5) is 39.7. The molecular weight excluding hydrogens is 1010 g/mol. The Morgan fingerprint density at radius 1 is 0.392 bits per heavy atom. The molecule has 0 saturated carbocycles. The molecule has 452 valence electrons. The molecule has 0 aliphatic heterocycles.